The van der Waals surface area contributed by atoms with Crippen molar-refractivity contribution in [3.05, 3.63) is 53.0 Å². The molecular weight excluding hydrogens is 426 g/mol. The van der Waals surface area contributed by atoms with Crippen molar-refractivity contribution in [3.8, 4) is 28.4 Å². The first-order chi connectivity index (χ1) is 15.2. The Morgan fingerprint density at radius 2 is 1.94 bits per heavy atom. The van der Waals surface area contributed by atoms with Gasteiger partial charge in [-0.15, -0.1) is 0 Å². The van der Waals surface area contributed by atoms with Crippen LogP contribution in [0.15, 0.2) is 30.3 Å². The Morgan fingerprint density at radius 1 is 1.16 bits per heavy atom. The van der Waals surface area contributed by atoms with Crippen molar-refractivity contribution < 1.29 is 27.0 Å². The molecule has 1 aliphatic heterocycles. The van der Waals surface area contributed by atoms with Crippen LogP contribution in [-0.2, 0) is 30.6 Å². The molecule has 9 heteroatoms. The molecule has 0 spiro atoms. The van der Waals surface area contributed by atoms with Crippen LogP contribution in [0, 0.1) is 6.92 Å². The van der Waals surface area contributed by atoms with Crippen LogP contribution in [-0.4, -0.2) is 34.4 Å². The van der Waals surface area contributed by atoms with Crippen molar-refractivity contribution in [1.29, 1.82) is 0 Å². The van der Waals surface area contributed by atoms with Crippen LogP contribution >= 0.6 is 0 Å². The summed E-state index contributed by atoms with van der Waals surface area (Å²) in [5.41, 5.74) is 2.86. The van der Waals surface area contributed by atoms with Gasteiger partial charge in [0.2, 0.25) is 0 Å². The SMILES string of the molecule is COc1cc(-c2nc(-c3cc(C)nc(CF)c3)c3n2C[C@@H](C)OCC3)ccc1C(F)(F)F. The molecule has 0 amide bonds. The van der Waals surface area contributed by atoms with Gasteiger partial charge in [0, 0.05) is 28.9 Å². The Bertz CT molecular complexity index is 1140. The summed E-state index contributed by atoms with van der Waals surface area (Å²) in [4.78, 5) is 9.00. The molecule has 2 aromatic heterocycles. The van der Waals surface area contributed by atoms with Crippen molar-refractivity contribution >= 4 is 0 Å². The van der Waals surface area contributed by atoms with Crippen LogP contribution in [0.25, 0.3) is 22.6 Å². The Hall–Kier alpha value is -2.94. The standard InChI is InChI=1S/C23H23F4N3O2/c1-13-8-16(9-17(11-24)28-13)21-19-6-7-32-14(2)12-30(19)22(29-21)15-4-5-18(23(25,26)27)20(10-15)31-3/h4-5,8-10,14H,6-7,11-12H2,1-3H3/t14-/m1/s1. The van der Waals surface area contributed by atoms with E-state index in [2.05, 4.69) is 4.98 Å². The molecule has 3 aromatic rings. The van der Waals surface area contributed by atoms with Crippen molar-refractivity contribution in [2.45, 2.75) is 45.8 Å². The van der Waals surface area contributed by atoms with Gasteiger partial charge in [-0.25, -0.2) is 9.37 Å². The predicted octanol–water partition coefficient (Wildman–Crippen LogP) is 5.38. The minimum Gasteiger partial charge on any atom is -0.496 e. The number of aromatic nitrogens is 3. The maximum atomic E-state index is 13.3. The number of aryl methyl sites for hydroxylation is 1. The zero-order chi connectivity index (χ0) is 23.0. The van der Waals surface area contributed by atoms with Gasteiger partial charge < -0.3 is 14.0 Å². The Morgan fingerprint density at radius 3 is 2.62 bits per heavy atom. The number of hydrogen-bond acceptors (Lipinski definition) is 4. The summed E-state index contributed by atoms with van der Waals surface area (Å²) < 4.78 is 66.1. The van der Waals surface area contributed by atoms with Crippen LogP contribution in [0.1, 0.15) is 29.6 Å². The van der Waals surface area contributed by atoms with Crippen LogP contribution in [0.4, 0.5) is 17.6 Å². The molecule has 0 unspecified atom stereocenters. The van der Waals surface area contributed by atoms with E-state index in [0.717, 1.165) is 11.8 Å². The normalized spacial score (nSPS) is 16.5. The van der Waals surface area contributed by atoms with E-state index in [1.165, 1.54) is 19.2 Å². The van der Waals surface area contributed by atoms with Crippen molar-refractivity contribution in [1.82, 2.24) is 14.5 Å². The first-order valence-corrected chi connectivity index (χ1v) is 10.2. The number of fused-ring (bicyclic) bond motifs is 1. The highest BCUT2D eigenvalue weighted by atomic mass is 19.4. The number of rotatable bonds is 4. The number of benzene rings is 1. The number of nitrogens with zero attached hydrogens (tertiary/aromatic N) is 3. The molecule has 0 N–H and O–H groups in total. The zero-order valence-corrected chi connectivity index (χ0v) is 18.0. The fourth-order valence-electron chi connectivity index (χ4n) is 4.06. The molecule has 0 saturated heterocycles. The molecule has 1 aliphatic rings. The largest absolute Gasteiger partial charge is 0.496 e. The first-order valence-electron chi connectivity index (χ1n) is 10.2. The van der Waals surface area contributed by atoms with E-state index in [1.54, 1.807) is 13.0 Å². The summed E-state index contributed by atoms with van der Waals surface area (Å²) in [6, 6.07) is 7.23. The van der Waals surface area contributed by atoms with Gasteiger partial charge in [0.1, 0.15) is 18.2 Å². The van der Waals surface area contributed by atoms with E-state index >= 15 is 0 Å². The minimum atomic E-state index is -4.53. The monoisotopic (exact) mass is 449 g/mol. The second-order valence-corrected chi connectivity index (χ2v) is 7.81. The lowest BCUT2D eigenvalue weighted by Gasteiger charge is -2.15. The molecule has 170 valence electrons. The summed E-state index contributed by atoms with van der Waals surface area (Å²) in [5.74, 6) is 0.238. The summed E-state index contributed by atoms with van der Waals surface area (Å²) in [5, 5.41) is 0. The Labute approximate surface area is 183 Å². The maximum Gasteiger partial charge on any atom is 0.419 e. The van der Waals surface area contributed by atoms with Gasteiger partial charge in [0.25, 0.3) is 0 Å². The molecule has 1 aromatic carbocycles. The van der Waals surface area contributed by atoms with Crippen LogP contribution in [0.5, 0.6) is 5.75 Å². The topological polar surface area (TPSA) is 49.2 Å². The third kappa shape index (κ3) is 4.21. The average Bonchev–Trinajstić information content (AvgIpc) is 2.98. The lowest BCUT2D eigenvalue weighted by molar-refractivity contribution is -0.138. The maximum absolute atomic E-state index is 13.3. The van der Waals surface area contributed by atoms with Gasteiger partial charge in [-0.05, 0) is 38.1 Å². The predicted molar refractivity (Wildman–Crippen MR) is 111 cm³/mol. The zero-order valence-electron chi connectivity index (χ0n) is 18.0. The quantitative estimate of drug-likeness (QED) is 0.502. The Kier molecular flexibility index (Phi) is 5.94. The number of methoxy groups -OCH3 is 1. The molecule has 0 radical (unpaired) electrons. The highest BCUT2D eigenvalue weighted by molar-refractivity contribution is 5.70. The highest BCUT2D eigenvalue weighted by Crippen LogP contribution is 2.39. The molecule has 0 saturated carbocycles. The molecule has 4 rings (SSSR count). The molecular formula is C23H23F4N3O2. The van der Waals surface area contributed by atoms with Gasteiger partial charge in [0.05, 0.1) is 43.3 Å². The molecule has 32 heavy (non-hydrogen) atoms. The molecule has 1 atom stereocenters. The van der Waals surface area contributed by atoms with E-state index < -0.39 is 18.4 Å². The Balaban J connectivity index is 1.91. The third-order valence-electron chi connectivity index (χ3n) is 5.44. The number of imidazole rings is 1. The number of hydrogen-bond donors (Lipinski definition) is 0. The highest BCUT2D eigenvalue weighted by Gasteiger charge is 2.35. The number of pyridine rings is 1. The fourth-order valence-corrected chi connectivity index (χ4v) is 4.06. The number of alkyl halides is 4. The van der Waals surface area contributed by atoms with Gasteiger partial charge >= 0.3 is 6.18 Å². The van der Waals surface area contributed by atoms with Gasteiger partial charge in [0.15, 0.2) is 0 Å². The van der Waals surface area contributed by atoms with E-state index in [0.29, 0.717) is 53.6 Å². The third-order valence-corrected chi connectivity index (χ3v) is 5.44. The smallest absolute Gasteiger partial charge is 0.419 e. The molecule has 0 bridgehead atoms. The van der Waals surface area contributed by atoms with Gasteiger partial charge in [-0.2, -0.15) is 13.2 Å². The second kappa shape index (κ2) is 8.54. The van der Waals surface area contributed by atoms with E-state index in [9.17, 15) is 17.6 Å². The van der Waals surface area contributed by atoms with Crippen molar-refractivity contribution in [3.63, 3.8) is 0 Å². The minimum absolute atomic E-state index is 0.103. The lowest BCUT2D eigenvalue weighted by atomic mass is 10.1. The second-order valence-electron chi connectivity index (χ2n) is 7.81. The lowest BCUT2D eigenvalue weighted by Crippen LogP contribution is -2.15. The van der Waals surface area contributed by atoms with Crippen LogP contribution < -0.4 is 4.74 Å². The van der Waals surface area contributed by atoms with E-state index in [4.69, 9.17) is 14.5 Å². The summed E-state index contributed by atoms with van der Waals surface area (Å²) in [6.07, 6.45) is -4.07. The van der Waals surface area contributed by atoms with Crippen LogP contribution in [0.2, 0.25) is 0 Å². The summed E-state index contributed by atoms with van der Waals surface area (Å²) in [6.45, 7) is 3.98. The molecule has 5 nitrogen and oxygen atoms in total. The molecule has 0 aliphatic carbocycles. The molecule has 3 heterocycles. The molecule has 0 fully saturated rings. The van der Waals surface area contributed by atoms with Crippen LogP contribution in [0.3, 0.4) is 0 Å². The van der Waals surface area contributed by atoms with E-state index in [1.807, 2.05) is 17.6 Å². The summed E-state index contributed by atoms with van der Waals surface area (Å²) in [7, 11) is 1.21. The fraction of sp³-hybridized carbons (Fsp3) is 0.391. The number of halogens is 4. The van der Waals surface area contributed by atoms with Gasteiger partial charge in [-0.3, -0.25) is 4.98 Å². The average molecular weight is 449 g/mol. The summed E-state index contributed by atoms with van der Waals surface area (Å²) >= 11 is 0. The number of ether oxygens (including phenoxy) is 2. The van der Waals surface area contributed by atoms with Crippen molar-refractivity contribution in [2.24, 2.45) is 0 Å². The van der Waals surface area contributed by atoms with Crippen molar-refractivity contribution in [2.75, 3.05) is 13.7 Å². The first kappa shape index (κ1) is 22.3. The van der Waals surface area contributed by atoms with E-state index in [-0.39, 0.29) is 11.9 Å². The van der Waals surface area contributed by atoms with Gasteiger partial charge in [-0.1, -0.05) is 6.07 Å².